The van der Waals surface area contributed by atoms with E-state index < -0.39 is 84.7 Å². The number of nitrogens with one attached hydrogen (secondary N) is 5. The number of aromatic amines is 1. The van der Waals surface area contributed by atoms with E-state index in [0.717, 1.165) is 10.9 Å². The molecule has 0 aliphatic rings. The number of benzene rings is 2. The van der Waals surface area contributed by atoms with Crippen molar-refractivity contribution in [3.05, 3.63) is 65.9 Å². The fourth-order valence-electron chi connectivity index (χ4n) is 4.82. The Labute approximate surface area is 275 Å². The molecule has 0 aliphatic carbocycles. The van der Waals surface area contributed by atoms with Gasteiger partial charge in [0.05, 0.1) is 12.1 Å². The Morgan fingerprint density at radius 3 is 2.04 bits per heavy atom. The number of carboxylic acid groups (broad SMARTS) is 2. The highest BCUT2D eigenvalue weighted by atomic mass is 16.4. The topological polar surface area (TPSA) is 273 Å². The Hall–Kier alpha value is -5.48. The molecule has 0 saturated carbocycles. The molecule has 0 radical (unpaired) electrons. The smallest absolute Gasteiger partial charge is 0.325 e. The van der Waals surface area contributed by atoms with Crippen molar-refractivity contribution < 1.29 is 49.2 Å². The van der Waals surface area contributed by atoms with Crippen LogP contribution in [0.5, 0.6) is 5.75 Å². The molecule has 0 unspecified atom stereocenters. The van der Waals surface area contributed by atoms with Crippen molar-refractivity contribution in [1.82, 2.24) is 26.3 Å². The maximum absolute atomic E-state index is 13.7. The Bertz CT molecular complexity index is 1620. The number of aliphatic carboxylic acids is 2. The summed E-state index contributed by atoms with van der Waals surface area (Å²) in [7, 11) is 0. The summed E-state index contributed by atoms with van der Waals surface area (Å²) >= 11 is 0. The summed E-state index contributed by atoms with van der Waals surface area (Å²) in [4.78, 5) is 78.7. The molecule has 48 heavy (non-hydrogen) atoms. The van der Waals surface area contributed by atoms with Crippen LogP contribution in [0, 0.1) is 0 Å². The third kappa shape index (κ3) is 10.5. The van der Waals surface area contributed by atoms with Gasteiger partial charge in [0.2, 0.25) is 23.6 Å². The average Bonchev–Trinajstić information content (AvgIpc) is 3.44. The third-order valence-corrected chi connectivity index (χ3v) is 7.53. The van der Waals surface area contributed by atoms with E-state index in [1.807, 2.05) is 0 Å². The van der Waals surface area contributed by atoms with Gasteiger partial charge in [-0.1, -0.05) is 30.3 Å². The molecule has 3 rings (SSSR count). The quantitative estimate of drug-likeness (QED) is 0.0857. The maximum Gasteiger partial charge on any atom is 0.325 e. The zero-order chi connectivity index (χ0) is 35.5. The molecule has 0 fully saturated rings. The minimum absolute atomic E-state index is 0.0255. The number of aromatic hydroxyl groups is 1. The second-order valence-corrected chi connectivity index (χ2v) is 11.4. The van der Waals surface area contributed by atoms with Gasteiger partial charge in [0, 0.05) is 29.9 Å². The van der Waals surface area contributed by atoms with Crippen molar-refractivity contribution in [2.45, 2.75) is 75.8 Å². The first-order chi connectivity index (χ1) is 22.7. The van der Waals surface area contributed by atoms with Crippen LogP contribution in [0.15, 0.2) is 54.7 Å². The largest absolute Gasteiger partial charge is 0.508 e. The number of rotatable bonds is 17. The number of para-hydroxylation sites is 1. The van der Waals surface area contributed by atoms with E-state index in [-0.39, 0.29) is 18.6 Å². The highest BCUT2D eigenvalue weighted by Crippen LogP contribution is 2.19. The van der Waals surface area contributed by atoms with E-state index in [9.17, 15) is 49.2 Å². The lowest BCUT2D eigenvalue weighted by Gasteiger charge is -2.27. The van der Waals surface area contributed by atoms with Crippen molar-refractivity contribution in [3.63, 3.8) is 0 Å². The van der Waals surface area contributed by atoms with Gasteiger partial charge < -0.3 is 52.4 Å². The van der Waals surface area contributed by atoms with Crippen LogP contribution in [0.4, 0.5) is 0 Å². The monoisotopic (exact) mass is 668 g/mol. The van der Waals surface area contributed by atoms with E-state index in [0.29, 0.717) is 11.1 Å². The van der Waals surface area contributed by atoms with Crippen LogP contribution >= 0.6 is 0 Å². The fourth-order valence-corrected chi connectivity index (χ4v) is 4.82. The number of amides is 4. The van der Waals surface area contributed by atoms with Gasteiger partial charge in [-0.05, 0) is 56.0 Å². The van der Waals surface area contributed by atoms with E-state index in [4.69, 9.17) is 5.73 Å². The normalized spacial score (nSPS) is 14.8. The number of carboxylic acids is 2. The summed E-state index contributed by atoms with van der Waals surface area (Å²) in [6, 6.07) is 6.17. The van der Waals surface area contributed by atoms with E-state index >= 15 is 0 Å². The molecule has 258 valence electrons. The Morgan fingerprint density at radius 1 is 0.792 bits per heavy atom. The number of carbonyl (C=O) groups excluding carboxylic acids is 4. The van der Waals surface area contributed by atoms with Crippen LogP contribution in [-0.2, 0) is 41.6 Å². The number of hydrogen-bond acceptors (Lipinski definition) is 9. The standard InChI is InChI=1S/C32H40N6O10/c1-16(32(47)48)35-29(44)24(11-12-26(41)42)36-30(45)25(14-19-15-34-23-6-4-3-5-21(19)23)37-31(46)27(17(2)39)38-28(43)22(33)13-18-7-9-20(40)10-8-18/h3-10,15-17,22,24-25,27,34,39-40H,11-14,33H2,1-2H3,(H,35,44)(H,36,45)(H,37,46)(H,38,43)(H,41,42)(H,47,48)/t16-,17+,22-,24-,25-,27-/m0/s1. The van der Waals surface area contributed by atoms with Crippen LogP contribution in [-0.4, -0.2) is 97.3 Å². The Kier molecular flexibility index (Phi) is 13.0. The molecule has 3 aromatic rings. The first kappa shape index (κ1) is 37.0. The molecule has 6 atom stereocenters. The summed E-state index contributed by atoms with van der Waals surface area (Å²) in [5.74, 6) is -6.20. The summed E-state index contributed by atoms with van der Waals surface area (Å²) < 4.78 is 0. The lowest BCUT2D eigenvalue weighted by atomic mass is 10.0. The predicted molar refractivity (Wildman–Crippen MR) is 171 cm³/mol. The van der Waals surface area contributed by atoms with Crippen molar-refractivity contribution in [3.8, 4) is 5.75 Å². The number of aromatic nitrogens is 1. The molecule has 11 N–H and O–H groups in total. The van der Waals surface area contributed by atoms with E-state index in [1.165, 1.54) is 26.0 Å². The number of fused-ring (bicyclic) bond motifs is 1. The van der Waals surface area contributed by atoms with Crippen LogP contribution in [0.1, 0.15) is 37.8 Å². The van der Waals surface area contributed by atoms with Gasteiger partial charge in [0.25, 0.3) is 0 Å². The zero-order valence-corrected chi connectivity index (χ0v) is 26.3. The molecule has 0 saturated heterocycles. The summed E-state index contributed by atoms with van der Waals surface area (Å²) in [6.45, 7) is 2.44. The molecule has 1 heterocycles. The van der Waals surface area contributed by atoms with Crippen molar-refractivity contribution >= 4 is 46.5 Å². The van der Waals surface area contributed by atoms with Gasteiger partial charge in [-0.3, -0.25) is 28.8 Å². The van der Waals surface area contributed by atoms with Gasteiger partial charge in [-0.15, -0.1) is 0 Å². The minimum atomic E-state index is -1.57. The Morgan fingerprint density at radius 2 is 1.42 bits per heavy atom. The number of hydrogen-bond donors (Lipinski definition) is 10. The van der Waals surface area contributed by atoms with Gasteiger partial charge in [-0.25, -0.2) is 0 Å². The van der Waals surface area contributed by atoms with Crippen LogP contribution < -0.4 is 27.0 Å². The second kappa shape index (κ2) is 16.9. The minimum Gasteiger partial charge on any atom is -0.508 e. The molecule has 1 aromatic heterocycles. The lowest BCUT2D eigenvalue weighted by Crippen LogP contribution is -2.61. The highest BCUT2D eigenvalue weighted by Gasteiger charge is 2.33. The molecule has 16 nitrogen and oxygen atoms in total. The van der Waals surface area contributed by atoms with Crippen molar-refractivity contribution in [1.29, 1.82) is 0 Å². The van der Waals surface area contributed by atoms with E-state index in [1.54, 1.807) is 42.6 Å². The van der Waals surface area contributed by atoms with Gasteiger partial charge in [0.1, 0.15) is 29.9 Å². The number of carbonyl (C=O) groups is 6. The van der Waals surface area contributed by atoms with Crippen LogP contribution in [0.3, 0.4) is 0 Å². The molecular formula is C32H40N6O10. The lowest BCUT2D eigenvalue weighted by molar-refractivity contribution is -0.142. The molecule has 0 aliphatic heterocycles. The fraction of sp³-hybridized carbons (Fsp3) is 0.375. The number of aliphatic hydroxyl groups excluding tert-OH is 1. The van der Waals surface area contributed by atoms with Gasteiger partial charge in [0.15, 0.2) is 0 Å². The molecule has 2 aromatic carbocycles. The number of aliphatic hydroxyl groups is 1. The summed E-state index contributed by atoms with van der Waals surface area (Å²) in [5, 5.41) is 48.6. The first-order valence-electron chi connectivity index (χ1n) is 15.1. The summed E-state index contributed by atoms with van der Waals surface area (Å²) in [5.41, 5.74) is 7.99. The number of phenolic OH excluding ortho intramolecular Hbond substituents is 1. The van der Waals surface area contributed by atoms with Crippen LogP contribution in [0.2, 0.25) is 0 Å². The van der Waals surface area contributed by atoms with Crippen molar-refractivity contribution in [2.24, 2.45) is 5.73 Å². The number of nitrogens with two attached hydrogens (primary N) is 1. The maximum atomic E-state index is 13.7. The Balaban J connectivity index is 1.85. The molecular weight excluding hydrogens is 628 g/mol. The average molecular weight is 669 g/mol. The molecule has 0 spiro atoms. The first-order valence-corrected chi connectivity index (χ1v) is 15.1. The zero-order valence-electron chi connectivity index (χ0n) is 26.3. The number of H-pyrrole nitrogens is 1. The van der Waals surface area contributed by atoms with Crippen LogP contribution in [0.25, 0.3) is 10.9 Å². The van der Waals surface area contributed by atoms with E-state index in [2.05, 4.69) is 26.3 Å². The molecule has 4 amide bonds. The van der Waals surface area contributed by atoms with Gasteiger partial charge in [-0.2, -0.15) is 0 Å². The summed E-state index contributed by atoms with van der Waals surface area (Å²) in [6.07, 6.45) is -0.847. The highest BCUT2D eigenvalue weighted by molar-refractivity contribution is 5.96. The second-order valence-electron chi connectivity index (χ2n) is 11.4. The third-order valence-electron chi connectivity index (χ3n) is 7.53. The van der Waals surface area contributed by atoms with Crippen molar-refractivity contribution in [2.75, 3.05) is 0 Å². The predicted octanol–water partition coefficient (Wildman–Crippen LogP) is -0.725. The van der Waals surface area contributed by atoms with Gasteiger partial charge >= 0.3 is 11.9 Å². The SMILES string of the molecule is C[C@H](NC(=O)[C@H](CCC(=O)O)NC(=O)[C@H](Cc1c[nH]c2ccccc12)NC(=O)[C@@H](NC(=O)[C@@H](N)Cc1ccc(O)cc1)[C@@H](C)O)C(=O)O. The molecule has 16 heteroatoms. The number of phenols is 1. The molecule has 0 bridgehead atoms.